The fourth-order valence-corrected chi connectivity index (χ4v) is 2.05. The fourth-order valence-electron chi connectivity index (χ4n) is 2.05. The number of carboxylic acid groups (broad SMARTS) is 1. The van der Waals surface area contributed by atoms with Crippen molar-refractivity contribution in [1.82, 2.24) is 10.2 Å². The number of nitrogens with one attached hydrogen (secondary N) is 1. The summed E-state index contributed by atoms with van der Waals surface area (Å²) in [5.41, 5.74) is 1.18. The molecule has 5 heteroatoms. The standard InChI is InChI=1S/C15H24N2O3/c1-17(2)14(11-16-9-5-8-15(18)19)12-6-4-7-13(10-12)20-3/h4,6-7,10,14,16H,5,8-9,11H2,1-3H3,(H,18,19). The molecule has 0 fully saturated rings. The summed E-state index contributed by atoms with van der Waals surface area (Å²) in [4.78, 5) is 12.6. The first-order valence-electron chi connectivity index (χ1n) is 6.77. The summed E-state index contributed by atoms with van der Waals surface area (Å²) in [5.74, 6) is 0.101. The van der Waals surface area contributed by atoms with Gasteiger partial charge in [-0.3, -0.25) is 4.79 Å². The Balaban J connectivity index is 2.53. The highest BCUT2D eigenvalue weighted by Crippen LogP contribution is 2.21. The summed E-state index contributed by atoms with van der Waals surface area (Å²) in [6.07, 6.45) is 0.854. The van der Waals surface area contributed by atoms with Crippen molar-refractivity contribution in [2.75, 3.05) is 34.3 Å². The van der Waals surface area contributed by atoms with Gasteiger partial charge in [-0.2, -0.15) is 0 Å². The van der Waals surface area contributed by atoms with Crippen LogP contribution in [0.4, 0.5) is 0 Å². The van der Waals surface area contributed by atoms with Crippen LogP contribution in [0.2, 0.25) is 0 Å². The largest absolute Gasteiger partial charge is 0.497 e. The lowest BCUT2D eigenvalue weighted by atomic mass is 10.1. The third-order valence-electron chi connectivity index (χ3n) is 3.18. The molecule has 2 N–H and O–H groups in total. The zero-order valence-electron chi connectivity index (χ0n) is 12.4. The van der Waals surface area contributed by atoms with Crippen LogP contribution >= 0.6 is 0 Å². The van der Waals surface area contributed by atoms with Gasteiger partial charge < -0.3 is 20.1 Å². The van der Waals surface area contributed by atoms with E-state index in [0.717, 1.165) is 12.3 Å². The number of carbonyl (C=O) groups is 1. The van der Waals surface area contributed by atoms with Crippen LogP contribution in [0.3, 0.4) is 0 Å². The first kappa shape index (κ1) is 16.5. The number of benzene rings is 1. The van der Waals surface area contributed by atoms with E-state index in [9.17, 15) is 4.79 Å². The Hall–Kier alpha value is -1.59. The second-order valence-corrected chi connectivity index (χ2v) is 4.96. The molecule has 0 aliphatic heterocycles. The smallest absolute Gasteiger partial charge is 0.303 e. The van der Waals surface area contributed by atoms with Gasteiger partial charge in [0.25, 0.3) is 0 Å². The average molecular weight is 280 g/mol. The van der Waals surface area contributed by atoms with E-state index in [1.165, 1.54) is 5.56 Å². The van der Waals surface area contributed by atoms with Gasteiger partial charge in [0.1, 0.15) is 5.75 Å². The van der Waals surface area contributed by atoms with E-state index in [4.69, 9.17) is 9.84 Å². The Labute approximate surface area is 120 Å². The average Bonchev–Trinajstić information content (AvgIpc) is 2.42. The normalized spacial score (nSPS) is 12.4. The molecule has 5 nitrogen and oxygen atoms in total. The van der Waals surface area contributed by atoms with Gasteiger partial charge in [-0.15, -0.1) is 0 Å². The molecule has 1 aromatic rings. The predicted octanol–water partition coefficient (Wildman–Crippen LogP) is 1.75. The van der Waals surface area contributed by atoms with E-state index in [1.807, 2.05) is 32.3 Å². The molecule has 0 amide bonds. The number of rotatable bonds is 9. The number of nitrogens with zero attached hydrogens (tertiary/aromatic N) is 1. The molecule has 1 atom stereocenters. The lowest BCUT2D eigenvalue weighted by molar-refractivity contribution is -0.137. The van der Waals surface area contributed by atoms with Crippen LogP contribution < -0.4 is 10.1 Å². The molecule has 20 heavy (non-hydrogen) atoms. The fraction of sp³-hybridized carbons (Fsp3) is 0.533. The summed E-state index contributed by atoms with van der Waals surface area (Å²) < 4.78 is 5.25. The molecule has 0 aromatic heterocycles. The minimum atomic E-state index is -0.747. The van der Waals surface area contributed by atoms with Crippen LogP contribution in [0, 0.1) is 0 Å². The Morgan fingerprint density at radius 3 is 2.80 bits per heavy atom. The zero-order valence-corrected chi connectivity index (χ0v) is 12.4. The molecule has 1 rings (SSSR count). The van der Waals surface area contributed by atoms with Crippen LogP contribution in [0.5, 0.6) is 5.75 Å². The Morgan fingerprint density at radius 1 is 1.45 bits per heavy atom. The number of ether oxygens (including phenoxy) is 1. The van der Waals surface area contributed by atoms with E-state index in [1.54, 1.807) is 7.11 Å². The van der Waals surface area contributed by atoms with Gasteiger partial charge in [-0.05, 0) is 44.8 Å². The molecule has 0 saturated carbocycles. The lowest BCUT2D eigenvalue weighted by Gasteiger charge is -2.25. The van der Waals surface area contributed by atoms with Gasteiger partial charge in [0.15, 0.2) is 0 Å². The minimum Gasteiger partial charge on any atom is -0.497 e. The number of aliphatic carboxylic acids is 1. The van der Waals surface area contributed by atoms with Crippen LogP contribution in [-0.2, 0) is 4.79 Å². The molecule has 0 aliphatic carbocycles. The van der Waals surface area contributed by atoms with Crippen molar-refractivity contribution in [2.24, 2.45) is 0 Å². The summed E-state index contributed by atoms with van der Waals surface area (Å²) in [6.45, 7) is 1.49. The maximum atomic E-state index is 10.4. The van der Waals surface area contributed by atoms with Gasteiger partial charge >= 0.3 is 5.97 Å². The molecule has 0 heterocycles. The molecule has 0 saturated heterocycles. The first-order valence-corrected chi connectivity index (χ1v) is 6.77. The molecule has 0 aliphatic rings. The van der Waals surface area contributed by atoms with Crippen LogP contribution in [0.15, 0.2) is 24.3 Å². The predicted molar refractivity (Wildman–Crippen MR) is 79.2 cm³/mol. The van der Waals surface area contributed by atoms with E-state index >= 15 is 0 Å². The SMILES string of the molecule is COc1cccc(C(CNCCCC(=O)O)N(C)C)c1. The number of likely N-dealkylation sites (N-methyl/N-ethyl adjacent to an activating group) is 1. The maximum absolute atomic E-state index is 10.4. The molecular weight excluding hydrogens is 256 g/mol. The zero-order chi connectivity index (χ0) is 15.0. The Kier molecular flexibility index (Phi) is 7.04. The third kappa shape index (κ3) is 5.59. The molecular formula is C15H24N2O3. The number of hydrogen-bond donors (Lipinski definition) is 2. The second-order valence-electron chi connectivity index (χ2n) is 4.96. The minimum absolute atomic E-state index is 0.207. The Bertz CT molecular complexity index is 421. The molecule has 0 bridgehead atoms. The van der Waals surface area contributed by atoms with Crippen LogP contribution in [0.25, 0.3) is 0 Å². The lowest BCUT2D eigenvalue weighted by Crippen LogP contribution is -2.31. The second kappa shape index (κ2) is 8.55. The summed E-state index contributed by atoms with van der Waals surface area (Å²) >= 11 is 0. The maximum Gasteiger partial charge on any atom is 0.303 e. The summed E-state index contributed by atoms with van der Waals surface area (Å²) in [6, 6.07) is 8.25. The first-order chi connectivity index (χ1) is 9.54. The van der Waals surface area contributed by atoms with Crippen molar-refractivity contribution in [3.8, 4) is 5.75 Å². The van der Waals surface area contributed by atoms with Crippen LogP contribution in [0.1, 0.15) is 24.4 Å². The third-order valence-corrected chi connectivity index (χ3v) is 3.18. The number of hydrogen-bond acceptors (Lipinski definition) is 4. The highest BCUT2D eigenvalue weighted by molar-refractivity contribution is 5.66. The van der Waals surface area contributed by atoms with Gasteiger partial charge in [0.05, 0.1) is 7.11 Å². The van der Waals surface area contributed by atoms with E-state index in [-0.39, 0.29) is 12.5 Å². The van der Waals surface area contributed by atoms with Crippen molar-refractivity contribution < 1.29 is 14.6 Å². The van der Waals surface area contributed by atoms with Crippen molar-refractivity contribution >= 4 is 5.97 Å². The Morgan fingerprint density at radius 2 is 2.20 bits per heavy atom. The molecule has 1 aromatic carbocycles. The van der Waals surface area contributed by atoms with E-state index in [0.29, 0.717) is 13.0 Å². The quantitative estimate of drug-likeness (QED) is 0.675. The number of methoxy groups -OCH3 is 1. The van der Waals surface area contributed by atoms with Gasteiger partial charge in [0.2, 0.25) is 0 Å². The van der Waals surface area contributed by atoms with Crippen molar-refractivity contribution in [1.29, 1.82) is 0 Å². The van der Waals surface area contributed by atoms with Crippen LogP contribution in [-0.4, -0.2) is 50.3 Å². The molecule has 0 radical (unpaired) electrons. The summed E-state index contributed by atoms with van der Waals surface area (Å²) in [5, 5.41) is 11.9. The molecule has 1 unspecified atom stereocenters. The van der Waals surface area contributed by atoms with Crippen molar-refractivity contribution in [2.45, 2.75) is 18.9 Å². The topological polar surface area (TPSA) is 61.8 Å². The summed E-state index contributed by atoms with van der Waals surface area (Å²) in [7, 11) is 5.72. The van der Waals surface area contributed by atoms with Gasteiger partial charge in [-0.25, -0.2) is 0 Å². The highest BCUT2D eigenvalue weighted by Gasteiger charge is 2.14. The van der Waals surface area contributed by atoms with Gasteiger partial charge in [-0.1, -0.05) is 12.1 Å². The molecule has 0 spiro atoms. The van der Waals surface area contributed by atoms with E-state index in [2.05, 4.69) is 16.3 Å². The number of carboxylic acids is 1. The van der Waals surface area contributed by atoms with Crippen molar-refractivity contribution in [3.05, 3.63) is 29.8 Å². The molecule has 112 valence electrons. The van der Waals surface area contributed by atoms with E-state index < -0.39 is 5.97 Å². The monoisotopic (exact) mass is 280 g/mol. The highest BCUT2D eigenvalue weighted by atomic mass is 16.5. The van der Waals surface area contributed by atoms with Gasteiger partial charge in [0, 0.05) is 19.0 Å². The van der Waals surface area contributed by atoms with Crippen molar-refractivity contribution in [3.63, 3.8) is 0 Å².